The first-order valence-electron chi connectivity index (χ1n) is 8.47. The molecule has 5 atom stereocenters. The molecular formula is C17H21N3O8. The van der Waals surface area contributed by atoms with E-state index in [0.29, 0.717) is 17.0 Å². The van der Waals surface area contributed by atoms with Gasteiger partial charge >= 0.3 is 5.97 Å². The lowest BCUT2D eigenvalue weighted by molar-refractivity contribution is -0.254. The van der Waals surface area contributed by atoms with E-state index in [1.165, 1.54) is 18.0 Å². The largest absolute Gasteiger partial charge is 0.482 e. The molecule has 4 N–H and O–H groups in total. The van der Waals surface area contributed by atoms with Gasteiger partial charge in [-0.25, -0.2) is 9.48 Å². The Bertz CT molecular complexity index is 794. The number of methoxy groups -OCH3 is 1. The monoisotopic (exact) mass is 395 g/mol. The fourth-order valence-corrected chi connectivity index (χ4v) is 2.76. The Labute approximate surface area is 159 Å². The van der Waals surface area contributed by atoms with Crippen molar-refractivity contribution in [3.63, 3.8) is 0 Å². The lowest BCUT2D eigenvalue weighted by Gasteiger charge is -2.39. The smallest absolute Gasteiger partial charge is 0.343 e. The molecule has 1 aliphatic rings. The van der Waals surface area contributed by atoms with E-state index in [9.17, 15) is 25.2 Å². The van der Waals surface area contributed by atoms with E-state index in [-0.39, 0.29) is 6.61 Å². The Morgan fingerprint density at radius 1 is 1.18 bits per heavy atom. The Kier molecular flexibility index (Phi) is 6.21. The van der Waals surface area contributed by atoms with Gasteiger partial charge in [0.1, 0.15) is 35.9 Å². The van der Waals surface area contributed by atoms with Crippen LogP contribution in [-0.4, -0.2) is 86.1 Å². The van der Waals surface area contributed by atoms with Gasteiger partial charge in [0.05, 0.1) is 19.9 Å². The normalized spacial score (nSPS) is 27.4. The van der Waals surface area contributed by atoms with Gasteiger partial charge in [-0.05, 0) is 24.3 Å². The van der Waals surface area contributed by atoms with Crippen molar-refractivity contribution in [3.8, 4) is 17.0 Å². The molecule has 11 heteroatoms. The zero-order valence-corrected chi connectivity index (χ0v) is 15.0. The third-order valence-electron chi connectivity index (χ3n) is 4.37. The van der Waals surface area contributed by atoms with Gasteiger partial charge in [0, 0.05) is 5.56 Å². The van der Waals surface area contributed by atoms with Crippen LogP contribution in [-0.2, 0) is 14.3 Å². The van der Waals surface area contributed by atoms with E-state index in [1.54, 1.807) is 24.3 Å². The number of hydrogen-bond acceptors (Lipinski definition) is 10. The molecule has 1 aromatic carbocycles. The highest BCUT2D eigenvalue weighted by atomic mass is 16.6. The van der Waals surface area contributed by atoms with Crippen LogP contribution in [0.4, 0.5) is 0 Å². The summed E-state index contributed by atoms with van der Waals surface area (Å²) in [6.07, 6.45) is -5.08. The molecule has 152 valence electrons. The van der Waals surface area contributed by atoms with Gasteiger partial charge in [-0.1, -0.05) is 5.21 Å². The molecule has 0 amide bonds. The van der Waals surface area contributed by atoms with Gasteiger partial charge in [0.25, 0.3) is 0 Å². The Morgan fingerprint density at radius 3 is 2.54 bits per heavy atom. The summed E-state index contributed by atoms with van der Waals surface area (Å²) in [5.74, 6) is -0.0259. The number of carbonyl (C=O) groups is 1. The first kappa shape index (κ1) is 20.2. The average molecular weight is 395 g/mol. The number of rotatable bonds is 6. The van der Waals surface area contributed by atoms with Crippen LogP contribution < -0.4 is 4.74 Å². The second-order valence-corrected chi connectivity index (χ2v) is 6.19. The fraction of sp³-hybridized carbons (Fsp3) is 0.471. The van der Waals surface area contributed by atoms with E-state index >= 15 is 0 Å². The maximum Gasteiger partial charge on any atom is 0.343 e. The molecule has 1 saturated heterocycles. The number of esters is 1. The minimum Gasteiger partial charge on any atom is -0.482 e. The molecular weight excluding hydrogens is 374 g/mol. The van der Waals surface area contributed by atoms with Crippen LogP contribution in [0.3, 0.4) is 0 Å². The molecule has 2 heterocycles. The van der Waals surface area contributed by atoms with Crippen molar-refractivity contribution in [1.82, 2.24) is 15.0 Å². The minimum atomic E-state index is -1.50. The number of carbonyl (C=O) groups excluding carboxylic acids is 1. The maximum atomic E-state index is 11.1. The molecule has 11 nitrogen and oxygen atoms in total. The maximum absolute atomic E-state index is 11.1. The highest BCUT2D eigenvalue weighted by molar-refractivity contribution is 5.71. The lowest BCUT2D eigenvalue weighted by Crippen LogP contribution is -2.56. The van der Waals surface area contributed by atoms with Gasteiger partial charge in [0.15, 0.2) is 12.8 Å². The van der Waals surface area contributed by atoms with Crippen LogP contribution in [0.1, 0.15) is 6.23 Å². The predicted octanol–water partition coefficient (Wildman–Crippen LogP) is -1.53. The van der Waals surface area contributed by atoms with E-state index < -0.39 is 43.2 Å². The molecule has 3 rings (SSSR count). The third-order valence-corrected chi connectivity index (χ3v) is 4.37. The topological polar surface area (TPSA) is 156 Å². The quantitative estimate of drug-likeness (QED) is 0.423. The first-order chi connectivity index (χ1) is 13.4. The highest BCUT2D eigenvalue weighted by Gasteiger charge is 2.44. The number of aliphatic hydroxyl groups is 4. The summed E-state index contributed by atoms with van der Waals surface area (Å²) in [6, 6.07) is 6.69. The summed E-state index contributed by atoms with van der Waals surface area (Å²) < 4.78 is 16.4. The van der Waals surface area contributed by atoms with Crippen LogP contribution in [0.5, 0.6) is 5.75 Å². The van der Waals surface area contributed by atoms with Crippen LogP contribution in [0.15, 0.2) is 30.5 Å². The minimum absolute atomic E-state index is 0.205. The Hall–Kier alpha value is -2.57. The third kappa shape index (κ3) is 4.13. The molecule has 0 aliphatic carbocycles. The van der Waals surface area contributed by atoms with Crippen LogP contribution in [0.25, 0.3) is 11.3 Å². The fourth-order valence-electron chi connectivity index (χ4n) is 2.76. The summed E-state index contributed by atoms with van der Waals surface area (Å²) in [5, 5.41) is 47.1. The average Bonchev–Trinajstić information content (AvgIpc) is 3.20. The Balaban J connectivity index is 1.72. The SMILES string of the molecule is COC(=O)COc1ccc(-c2cn([C@H]3O[C@H](CO)[C@@H](O)[C@H](O)[C@@H]3O)nn2)cc1. The molecule has 0 unspecified atom stereocenters. The van der Waals surface area contributed by atoms with E-state index in [2.05, 4.69) is 15.0 Å². The number of ether oxygens (including phenoxy) is 3. The summed E-state index contributed by atoms with van der Waals surface area (Å²) >= 11 is 0. The van der Waals surface area contributed by atoms with Gasteiger partial charge < -0.3 is 34.6 Å². The van der Waals surface area contributed by atoms with Crippen LogP contribution in [0.2, 0.25) is 0 Å². The van der Waals surface area contributed by atoms with Crippen molar-refractivity contribution in [1.29, 1.82) is 0 Å². The number of aromatic nitrogens is 3. The molecule has 28 heavy (non-hydrogen) atoms. The van der Waals surface area contributed by atoms with E-state index in [4.69, 9.17) is 9.47 Å². The standard InChI is InChI=1S/C17H21N3O8/c1-26-13(22)8-27-10-4-2-9(3-5-10)11-6-20(19-18-11)17-16(25)15(24)14(23)12(7-21)28-17/h2-6,12,14-17,21,23-25H,7-8H2,1H3/t12-,14-,15+,16+,17+/m1/s1. The number of hydrogen-bond donors (Lipinski definition) is 4. The number of nitrogens with zero attached hydrogens (tertiary/aromatic N) is 3. The Morgan fingerprint density at radius 2 is 1.89 bits per heavy atom. The number of benzene rings is 1. The van der Waals surface area contributed by atoms with Crippen molar-refractivity contribution in [3.05, 3.63) is 30.5 Å². The van der Waals surface area contributed by atoms with Gasteiger partial charge in [-0.2, -0.15) is 0 Å². The molecule has 0 radical (unpaired) electrons. The lowest BCUT2D eigenvalue weighted by atomic mass is 9.98. The van der Waals surface area contributed by atoms with E-state index in [0.717, 1.165) is 0 Å². The second kappa shape index (κ2) is 8.63. The van der Waals surface area contributed by atoms with Crippen molar-refractivity contribution in [2.45, 2.75) is 30.6 Å². The summed E-state index contributed by atoms with van der Waals surface area (Å²) in [6.45, 7) is -0.737. The van der Waals surface area contributed by atoms with Gasteiger partial charge in [0.2, 0.25) is 0 Å². The van der Waals surface area contributed by atoms with Crippen LogP contribution in [0, 0.1) is 0 Å². The van der Waals surface area contributed by atoms with Crippen molar-refractivity contribution in [2.75, 3.05) is 20.3 Å². The zero-order valence-electron chi connectivity index (χ0n) is 15.0. The van der Waals surface area contributed by atoms with Gasteiger partial charge in [-0.3, -0.25) is 0 Å². The van der Waals surface area contributed by atoms with Crippen molar-refractivity contribution in [2.24, 2.45) is 0 Å². The predicted molar refractivity (Wildman–Crippen MR) is 92.0 cm³/mol. The molecule has 1 aromatic heterocycles. The molecule has 0 bridgehead atoms. The van der Waals surface area contributed by atoms with Crippen LogP contribution >= 0.6 is 0 Å². The molecule has 0 spiro atoms. The molecule has 1 fully saturated rings. The molecule has 2 aromatic rings. The van der Waals surface area contributed by atoms with Crippen molar-refractivity contribution < 1.29 is 39.4 Å². The summed E-state index contributed by atoms with van der Waals surface area (Å²) in [4.78, 5) is 11.1. The first-order valence-corrected chi connectivity index (χ1v) is 8.47. The second-order valence-electron chi connectivity index (χ2n) is 6.19. The highest BCUT2D eigenvalue weighted by Crippen LogP contribution is 2.29. The van der Waals surface area contributed by atoms with E-state index in [1.807, 2.05) is 0 Å². The van der Waals surface area contributed by atoms with Gasteiger partial charge in [-0.15, -0.1) is 5.10 Å². The summed E-state index contributed by atoms with van der Waals surface area (Å²) in [7, 11) is 1.27. The molecule has 1 aliphatic heterocycles. The zero-order chi connectivity index (χ0) is 20.3. The summed E-state index contributed by atoms with van der Waals surface area (Å²) in [5.41, 5.74) is 1.14. The number of aliphatic hydroxyl groups excluding tert-OH is 4. The molecule has 0 saturated carbocycles. The van der Waals surface area contributed by atoms with Crippen molar-refractivity contribution >= 4 is 5.97 Å².